The van der Waals surface area contributed by atoms with Crippen LogP contribution in [-0.4, -0.2) is 22.1 Å². The molecule has 1 aromatic rings. The molecule has 0 saturated heterocycles. The number of hydrogen-bond acceptors (Lipinski definition) is 5. The van der Waals surface area contributed by atoms with E-state index in [0.29, 0.717) is 11.4 Å². The van der Waals surface area contributed by atoms with E-state index in [9.17, 15) is 13.8 Å². The zero-order valence-corrected chi connectivity index (χ0v) is 15.3. The fraction of sp³-hybridized carbons (Fsp3) is 0.571. The van der Waals surface area contributed by atoms with Crippen molar-refractivity contribution in [1.29, 1.82) is 0 Å². The standard InChI is InChI=1S/C14H20ClN3O3S2/c1-8(2)5-11(16)14(20)18-23(21,12-6-10(15)7-22-12)17-13(19)9-3-4-9/h6-9,11H,3-5,16H2,1-2H3,(H,17,18,19,20,21)/t11-,23?/m0/s1. The number of halogens is 1. The van der Waals surface area contributed by atoms with Gasteiger partial charge >= 0.3 is 0 Å². The first-order chi connectivity index (χ1) is 10.7. The third-order valence-electron chi connectivity index (χ3n) is 3.26. The van der Waals surface area contributed by atoms with E-state index >= 15 is 0 Å². The smallest absolute Gasteiger partial charge is 0.272 e. The molecule has 2 rings (SSSR count). The molecule has 128 valence electrons. The molecule has 0 spiro atoms. The Morgan fingerprint density at radius 3 is 2.65 bits per heavy atom. The highest BCUT2D eigenvalue weighted by Gasteiger charge is 2.33. The topological polar surface area (TPSA) is 102 Å². The van der Waals surface area contributed by atoms with Gasteiger partial charge in [-0.05, 0) is 31.2 Å². The summed E-state index contributed by atoms with van der Waals surface area (Å²) in [5.41, 5.74) is 5.81. The van der Waals surface area contributed by atoms with Crippen molar-refractivity contribution < 1.29 is 13.8 Å². The van der Waals surface area contributed by atoms with Gasteiger partial charge in [-0.1, -0.05) is 25.4 Å². The summed E-state index contributed by atoms with van der Waals surface area (Å²) >= 11 is 6.96. The molecule has 1 unspecified atom stereocenters. The van der Waals surface area contributed by atoms with Gasteiger partial charge in [-0.25, -0.2) is 4.21 Å². The molecule has 0 radical (unpaired) electrons. The zero-order chi connectivity index (χ0) is 17.2. The van der Waals surface area contributed by atoms with Crippen LogP contribution in [-0.2, 0) is 19.5 Å². The van der Waals surface area contributed by atoms with Crippen molar-refractivity contribution in [3.8, 4) is 0 Å². The average Bonchev–Trinajstić information content (AvgIpc) is 3.19. The van der Waals surface area contributed by atoms with Crippen molar-refractivity contribution in [2.45, 2.75) is 43.4 Å². The third-order valence-corrected chi connectivity index (χ3v) is 6.88. The van der Waals surface area contributed by atoms with Crippen LogP contribution in [0.15, 0.2) is 20.0 Å². The second-order valence-electron chi connectivity index (χ2n) is 6.02. The molecule has 1 saturated carbocycles. The lowest BCUT2D eigenvalue weighted by Crippen LogP contribution is -2.35. The first-order valence-electron chi connectivity index (χ1n) is 7.33. The largest absolute Gasteiger partial charge is 0.320 e. The normalized spacial score (nSPS) is 18.3. The van der Waals surface area contributed by atoms with Gasteiger partial charge in [0.05, 0.1) is 11.1 Å². The lowest BCUT2D eigenvalue weighted by molar-refractivity contribution is -0.120. The van der Waals surface area contributed by atoms with Crippen LogP contribution in [0.25, 0.3) is 0 Å². The fourth-order valence-corrected chi connectivity index (χ4v) is 5.04. The van der Waals surface area contributed by atoms with Gasteiger partial charge in [0.15, 0.2) is 9.92 Å². The Labute approximate surface area is 145 Å². The first kappa shape index (κ1) is 18.4. The minimum Gasteiger partial charge on any atom is -0.320 e. The van der Waals surface area contributed by atoms with Gasteiger partial charge in [0, 0.05) is 11.3 Å². The molecule has 1 heterocycles. The molecule has 6 nitrogen and oxygen atoms in total. The molecular weight excluding hydrogens is 358 g/mol. The number of carbonyl (C=O) groups excluding carboxylic acids is 2. The van der Waals surface area contributed by atoms with E-state index in [4.69, 9.17) is 17.3 Å². The number of nitrogens with two attached hydrogens (primary N) is 1. The SMILES string of the molecule is CC(C)C[C@H](N)C(=O)N=S(=O)(NC(=O)C1CC1)c1cc(Cl)cs1. The van der Waals surface area contributed by atoms with Crippen LogP contribution >= 0.6 is 22.9 Å². The fourth-order valence-electron chi connectivity index (χ4n) is 1.93. The maximum Gasteiger partial charge on any atom is 0.272 e. The van der Waals surface area contributed by atoms with Crippen LogP contribution in [0, 0.1) is 11.8 Å². The molecule has 0 bridgehead atoms. The van der Waals surface area contributed by atoms with Crippen molar-refractivity contribution in [2.75, 3.05) is 0 Å². The number of hydrogen-bond donors (Lipinski definition) is 2. The van der Waals surface area contributed by atoms with Crippen LogP contribution in [0.1, 0.15) is 33.1 Å². The number of amides is 2. The molecule has 1 aliphatic carbocycles. The Bertz CT molecular complexity index is 719. The van der Waals surface area contributed by atoms with Crippen molar-refractivity contribution in [3.63, 3.8) is 0 Å². The second kappa shape index (κ2) is 7.29. The van der Waals surface area contributed by atoms with Crippen LogP contribution in [0.2, 0.25) is 5.02 Å². The van der Waals surface area contributed by atoms with Crippen molar-refractivity contribution >= 4 is 44.7 Å². The summed E-state index contributed by atoms with van der Waals surface area (Å²) in [6.45, 7) is 3.86. The van der Waals surface area contributed by atoms with Crippen LogP contribution in [0.5, 0.6) is 0 Å². The molecule has 1 fully saturated rings. The van der Waals surface area contributed by atoms with E-state index in [1.165, 1.54) is 6.07 Å². The van der Waals surface area contributed by atoms with Gasteiger partial charge in [-0.2, -0.15) is 0 Å². The number of nitrogens with one attached hydrogen (secondary N) is 1. The highest BCUT2D eigenvalue weighted by Crippen LogP contribution is 2.31. The Hall–Kier alpha value is -0.960. The van der Waals surface area contributed by atoms with Crippen molar-refractivity contribution in [1.82, 2.24) is 4.72 Å². The quantitative estimate of drug-likeness (QED) is 0.795. The molecule has 1 aliphatic rings. The lowest BCUT2D eigenvalue weighted by Gasteiger charge is -2.13. The predicted octanol–water partition coefficient (Wildman–Crippen LogP) is 2.57. The Morgan fingerprint density at radius 2 is 2.17 bits per heavy atom. The van der Waals surface area contributed by atoms with Gasteiger partial charge in [0.2, 0.25) is 5.91 Å². The summed E-state index contributed by atoms with van der Waals surface area (Å²) in [4.78, 5) is 24.2. The Kier molecular flexibility index (Phi) is 5.83. The molecule has 9 heteroatoms. The summed E-state index contributed by atoms with van der Waals surface area (Å²) in [5.74, 6) is -0.976. The molecule has 0 aliphatic heterocycles. The predicted molar refractivity (Wildman–Crippen MR) is 91.5 cm³/mol. The van der Waals surface area contributed by atoms with E-state index in [0.717, 1.165) is 24.2 Å². The molecule has 1 aromatic heterocycles. The van der Waals surface area contributed by atoms with Crippen LogP contribution in [0.3, 0.4) is 0 Å². The van der Waals surface area contributed by atoms with Crippen LogP contribution in [0.4, 0.5) is 0 Å². The van der Waals surface area contributed by atoms with E-state index in [1.807, 2.05) is 13.8 Å². The van der Waals surface area contributed by atoms with Gasteiger partial charge in [0.1, 0.15) is 4.21 Å². The molecular formula is C14H20ClN3O3S2. The van der Waals surface area contributed by atoms with Crippen molar-refractivity contribution in [3.05, 3.63) is 16.5 Å². The van der Waals surface area contributed by atoms with E-state index < -0.39 is 21.9 Å². The zero-order valence-electron chi connectivity index (χ0n) is 13.0. The maximum atomic E-state index is 13.1. The number of thiophene rings is 1. The summed E-state index contributed by atoms with van der Waals surface area (Å²) in [6, 6.07) is 0.607. The van der Waals surface area contributed by atoms with Crippen molar-refractivity contribution in [2.24, 2.45) is 21.9 Å². The van der Waals surface area contributed by atoms with E-state index in [2.05, 4.69) is 9.08 Å². The first-order valence-corrected chi connectivity index (χ1v) is 10.1. The summed E-state index contributed by atoms with van der Waals surface area (Å²) in [6.07, 6.45) is 1.94. The van der Waals surface area contributed by atoms with Gasteiger partial charge < -0.3 is 5.73 Å². The molecule has 23 heavy (non-hydrogen) atoms. The average molecular weight is 378 g/mol. The number of rotatable bonds is 6. The van der Waals surface area contributed by atoms with Gasteiger partial charge in [0.25, 0.3) is 5.91 Å². The monoisotopic (exact) mass is 377 g/mol. The second-order valence-corrected chi connectivity index (χ2v) is 9.50. The Morgan fingerprint density at radius 1 is 1.52 bits per heavy atom. The lowest BCUT2D eigenvalue weighted by atomic mass is 10.0. The van der Waals surface area contributed by atoms with Crippen LogP contribution < -0.4 is 10.5 Å². The maximum absolute atomic E-state index is 13.1. The molecule has 3 N–H and O–H groups in total. The highest BCUT2D eigenvalue weighted by atomic mass is 35.5. The molecule has 2 atom stereocenters. The minimum atomic E-state index is -3.40. The Balaban J connectivity index is 2.32. The highest BCUT2D eigenvalue weighted by molar-refractivity contribution is 7.94. The van der Waals surface area contributed by atoms with E-state index in [1.54, 1.807) is 5.38 Å². The summed E-state index contributed by atoms with van der Waals surface area (Å²) in [7, 11) is -3.40. The molecule has 0 aromatic carbocycles. The minimum absolute atomic E-state index is 0.152. The van der Waals surface area contributed by atoms with Gasteiger partial charge in [-0.15, -0.1) is 15.7 Å². The summed E-state index contributed by atoms with van der Waals surface area (Å²) in [5, 5.41) is 1.96. The van der Waals surface area contributed by atoms with Gasteiger partial charge in [-0.3, -0.25) is 14.3 Å². The third kappa shape index (κ3) is 5.00. The summed E-state index contributed by atoms with van der Waals surface area (Å²) < 4.78 is 19.6. The molecule has 2 amide bonds. The van der Waals surface area contributed by atoms with E-state index in [-0.39, 0.29) is 22.0 Å². The number of nitrogens with zero attached hydrogens (tertiary/aromatic N) is 1. The number of carbonyl (C=O) groups is 2.